The highest BCUT2D eigenvalue weighted by Gasteiger charge is 2.27. The summed E-state index contributed by atoms with van der Waals surface area (Å²) in [6.45, 7) is 8.20. The number of benzene rings is 3. The second-order valence-corrected chi connectivity index (χ2v) is 17.5. The van der Waals surface area contributed by atoms with Gasteiger partial charge in [0.15, 0.2) is 0 Å². The quantitative estimate of drug-likeness (QED) is 0.0452. The van der Waals surface area contributed by atoms with Crippen molar-refractivity contribution in [3.05, 3.63) is 95.6 Å². The molecule has 14 heteroatoms. The fourth-order valence-electron chi connectivity index (χ4n) is 5.59. The third-order valence-electron chi connectivity index (χ3n) is 8.87. The Kier molecular flexibility index (Phi) is 22.7. The number of sulfonamides is 2. The predicted octanol–water partition coefficient (Wildman–Crippen LogP) is 7.45. The Morgan fingerprint density at radius 2 is 0.982 bits per heavy atom. The van der Waals surface area contributed by atoms with Crippen LogP contribution < -0.4 is 11.0 Å². The molecule has 2 amide bonds. The molecule has 0 aliphatic heterocycles. The third-order valence-corrected chi connectivity index (χ3v) is 12.6. The van der Waals surface area contributed by atoms with Crippen molar-refractivity contribution in [3.63, 3.8) is 0 Å². The Hall–Kier alpha value is -3.66. The van der Waals surface area contributed by atoms with Gasteiger partial charge in [-0.3, -0.25) is 19.6 Å². The van der Waals surface area contributed by atoms with E-state index in [9.17, 15) is 26.4 Å². The largest absolute Gasteiger partial charge is 0.289 e. The highest BCUT2D eigenvalue weighted by Crippen LogP contribution is 2.19. The van der Waals surface area contributed by atoms with E-state index in [1.807, 2.05) is 44.2 Å². The van der Waals surface area contributed by atoms with Gasteiger partial charge >= 0.3 is 0 Å². The van der Waals surface area contributed by atoms with Gasteiger partial charge in [-0.15, -0.1) is 0 Å². The molecule has 0 heterocycles. The van der Waals surface area contributed by atoms with Crippen LogP contribution in [0.3, 0.4) is 0 Å². The molecule has 3 aromatic carbocycles. The third kappa shape index (κ3) is 18.2. The summed E-state index contributed by atoms with van der Waals surface area (Å²) in [7, 11) is -7.53. The zero-order valence-corrected chi connectivity index (χ0v) is 34.7. The zero-order chi connectivity index (χ0) is 40.5. The van der Waals surface area contributed by atoms with Crippen molar-refractivity contribution >= 4 is 31.9 Å². The van der Waals surface area contributed by atoms with Gasteiger partial charge in [-0.25, -0.2) is 27.8 Å². The predicted molar refractivity (Wildman–Crippen MR) is 216 cm³/mol. The van der Waals surface area contributed by atoms with Crippen LogP contribution in [0.15, 0.2) is 88.7 Å². The van der Waals surface area contributed by atoms with Gasteiger partial charge in [-0.05, 0) is 56.5 Å². The van der Waals surface area contributed by atoms with Crippen molar-refractivity contribution in [2.45, 2.75) is 121 Å². The maximum atomic E-state index is 13.1. The van der Waals surface area contributed by atoms with Crippen molar-refractivity contribution in [2.24, 2.45) is 0 Å². The lowest BCUT2D eigenvalue weighted by atomic mass is 10.1. The maximum Gasteiger partial charge on any atom is 0.258 e. The first-order chi connectivity index (χ1) is 26.3. The molecule has 0 aliphatic carbocycles. The van der Waals surface area contributed by atoms with Gasteiger partial charge in [0.2, 0.25) is 20.0 Å². The highest BCUT2D eigenvalue weighted by molar-refractivity contribution is 7.89. The molecule has 0 bridgehead atoms. The molecule has 3 N–H and O–H groups in total. The number of unbranched alkanes of at least 4 members (excludes halogenated alkanes) is 10. The Morgan fingerprint density at radius 1 is 0.582 bits per heavy atom. The van der Waals surface area contributed by atoms with Gasteiger partial charge in [0.25, 0.3) is 11.8 Å². The van der Waals surface area contributed by atoms with E-state index >= 15 is 0 Å². The minimum absolute atomic E-state index is 0.157. The van der Waals surface area contributed by atoms with E-state index in [1.54, 1.807) is 36.4 Å². The minimum atomic E-state index is -3.77. The van der Waals surface area contributed by atoms with Crippen LogP contribution in [0.25, 0.3) is 0 Å². The van der Waals surface area contributed by atoms with E-state index in [2.05, 4.69) is 19.3 Å². The molecular weight excluding hydrogens is 741 g/mol. The molecule has 0 aromatic heterocycles. The standard InChI is InChI=1S/C24H34N2O4S.C17H28N2O4S/c1-3-4-5-6-7-11-18-26(31(28,29)23-16-14-21(2)15-17-23)19-24(27)25-30-20-22-12-9-8-10-13-22;1-3-4-5-6-7-8-13-19(14-17(20)18-21)24(22,23)16-11-9-15(2)10-12-16/h8-10,12-17H,3-7,11,18-20H2,1-2H3,(H,25,27);9-12,21H,3-8,13-14H2,1-2H3,(H,18,20). The topological polar surface area (TPSA) is 162 Å². The van der Waals surface area contributed by atoms with E-state index in [4.69, 9.17) is 10.0 Å². The van der Waals surface area contributed by atoms with Crippen molar-refractivity contribution in [1.29, 1.82) is 0 Å². The number of hydrogen-bond donors (Lipinski definition) is 3. The Labute approximate surface area is 329 Å². The van der Waals surface area contributed by atoms with Gasteiger partial charge in [0.05, 0.1) is 29.5 Å². The summed E-state index contributed by atoms with van der Waals surface area (Å²) in [5.41, 5.74) is 6.73. The summed E-state index contributed by atoms with van der Waals surface area (Å²) in [4.78, 5) is 29.5. The lowest BCUT2D eigenvalue weighted by Gasteiger charge is -2.22. The van der Waals surface area contributed by atoms with Crippen LogP contribution in [0.4, 0.5) is 0 Å². The number of carbonyl (C=O) groups is 2. The molecule has 3 aromatic rings. The van der Waals surface area contributed by atoms with Gasteiger partial charge < -0.3 is 0 Å². The van der Waals surface area contributed by atoms with Crippen molar-refractivity contribution < 1.29 is 36.5 Å². The molecule has 0 unspecified atom stereocenters. The van der Waals surface area contributed by atoms with Crippen LogP contribution in [-0.4, -0.2) is 68.6 Å². The van der Waals surface area contributed by atoms with Crippen LogP contribution in [0.5, 0.6) is 0 Å². The molecule has 3 rings (SSSR count). The number of amides is 2. The molecule has 12 nitrogen and oxygen atoms in total. The lowest BCUT2D eigenvalue weighted by Crippen LogP contribution is -2.41. The molecule has 0 atom stereocenters. The summed E-state index contributed by atoms with van der Waals surface area (Å²) in [5, 5.41) is 8.70. The monoisotopic (exact) mass is 802 g/mol. The van der Waals surface area contributed by atoms with Gasteiger partial charge in [0.1, 0.15) is 0 Å². The number of nitrogens with one attached hydrogen (secondary N) is 2. The molecular formula is C41H62N4O8S2. The van der Waals surface area contributed by atoms with Gasteiger partial charge in [-0.1, -0.05) is 144 Å². The van der Waals surface area contributed by atoms with Crippen LogP contribution >= 0.6 is 0 Å². The van der Waals surface area contributed by atoms with E-state index in [0.717, 1.165) is 72.4 Å². The van der Waals surface area contributed by atoms with Crippen LogP contribution in [0.1, 0.15) is 108 Å². The molecule has 0 spiro atoms. The molecule has 0 saturated heterocycles. The summed E-state index contributed by atoms with van der Waals surface area (Å²) in [6, 6.07) is 22.7. The smallest absolute Gasteiger partial charge is 0.258 e. The van der Waals surface area contributed by atoms with Crippen LogP contribution in [0.2, 0.25) is 0 Å². The normalized spacial score (nSPS) is 11.6. The van der Waals surface area contributed by atoms with E-state index in [-0.39, 0.29) is 36.0 Å². The summed E-state index contributed by atoms with van der Waals surface area (Å²) in [5.74, 6) is -1.23. The molecule has 0 radical (unpaired) electrons. The van der Waals surface area contributed by atoms with Crippen molar-refractivity contribution in [2.75, 3.05) is 26.2 Å². The van der Waals surface area contributed by atoms with Crippen molar-refractivity contribution in [3.8, 4) is 0 Å². The molecule has 0 saturated carbocycles. The van der Waals surface area contributed by atoms with Crippen LogP contribution in [-0.2, 0) is 41.1 Å². The first-order valence-corrected chi connectivity index (χ1v) is 22.2. The fourth-order valence-corrected chi connectivity index (χ4v) is 8.46. The van der Waals surface area contributed by atoms with E-state index < -0.39 is 31.9 Å². The molecule has 0 fully saturated rings. The average molecular weight is 803 g/mol. The van der Waals surface area contributed by atoms with Crippen LogP contribution in [0, 0.1) is 13.8 Å². The number of nitrogens with zero attached hydrogens (tertiary/aromatic N) is 2. The Balaban J connectivity index is 0.000000393. The van der Waals surface area contributed by atoms with E-state index in [1.165, 1.54) is 34.8 Å². The Morgan fingerprint density at radius 3 is 1.40 bits per heavy atom. The fraction of sp³-hybridized carbons (Fsp3) is 0.512. The van der Waals surface area contributed by atoms with Gasteiger partial charge in [-0.2, -0.15) is 8.61 Å². The second kappa shape index (κ2) is 26.2. The van der Waals surface area contributed by atoms with E-state index in [0.29, 0.717) is 19.4 Å². The highest BCUT2D eigenvalue weighted by atomic mass is 32.2. The number of hydroxylamine groups is 2. The second-order valence-electron chi connectivity index (χ2n) is 13.7. The van der Waals surface area contributed by atoms with Gasteiger partial charge in [0, 0.05) is 13.1 Å². The summed E-state index contributed by atoms with van der Waals surface area (Å²) >= 11 is 0. The summed E-state index contributed by atoms with van der Waals surface area (Å²) < 4.78 is 54.1. The number of rotatable bonds is 25. The molecule has 306 valence electrons. The molecule has 0 aliphatic rings. The first-order valence-electron chi connectivity index (χ1n) is 19.4. The minimum Gasteiger partial charge on any atom is -0.289 e. The number of hydrogen-bond acceptors (Lipinski definition) is 8. The lowest BCUT2D eigenvalue weighted by molar-refractivity contribution is -0.134. The number of carbonyl (C=O) groups excluding carboxylic acids is 2. The Bertz CT molecular complexity index is 1740. The number of aryl methyl sites for hydroxylation is 2. The van der Waals surface area contributed by atoms with Crippen molar-refractivity contribution in [1.82, 2.24) is 19.6 Å². The molecule has 55 heavy (non-hydrogen) atoms. The summed E-state index contributed by atoms with van der Waals surface area (Å²) in [6.07, 6.45) is 12.4. The SMILES string of the molecule is CCCCCCCCN(CC(=O)NO)S(=O)(=O)c1ccc(C)cc1.CCCCCCCCN(CC(=O)NOCc1ccccc1)S(=O)(=O)c1ccc(C)cc1. The first kappa shape index (κ1) is 47.5. The zero-order valence-electron chi connectivity index (χ0n) is 33.0. The maximum absolute atomic E-state index is 13.1. The average Bonchev–Trinajstić information content (AvgIpc) is 3.17.